The monoisotopic (exact) mass is 482 g/mol. The molecule has 8 heteroatoms. The number of ether oxygens (including phenoxy) is 3. The highest BCUT2D eigenvalue weighted by molar-refractivity contribution is 5.77. The molecule has 0 saturated carbocycles. The molecule has 0 bridgehead atoms. The summed E-state index contributed by atoms with van der Waals surface area (Å²) in [6.07, 6.45) is 3.31. The largest absolute Gasteiger partial charge is 0.493 e. The van der Waals surface area contributed by atoms with Crippen LogP contribution in [0.4, 0.5) is 4.79 Å². The van der Waals surface area contributed by atoms with E-state index in [1.54, 1.807) is 48.0 Å². The van der Waals surface area contributed by atoms with Crippen molar-refractivity contribution in [2.24, 2.45) is 0 Å². The van der Waals surface area contributed by atoms with E-state index in [4.69, 9.17) is 18.6 Å². The number of benzene rings is 2. The minimum Gasteiger partial charge on any atom is -0.493 e. The van der Waals surface area contributed by atoms with Crippen LogP contribution >= 0.6 is 0 Å². The second-order valence-corrected chi connectivity index (χ2v) is 9.73. The lowest BCUT2D eigenvalue weighted by Crippen LogP contribution is -2.48. The number of rotatable bonds is 8. The van der Waals surface area contributed by atoms with Crippen LogP contribution in [0.3, 0.4) is 0 Å². The molecule has 2 unspecified atom stereocenters. The number of hydrogen-bond donors (Lipinski definition) is 2. The van der Waals surface area contributed by atoms with Gasteiger partial charge < -0.3 is 23.7 Å². The summed E-state index contributed by atoms with van der Waals surface area (Å²) < 4.78 is 21.7. The smallest absolute Gasteiger partial charge is 0.409 e. The Bertz CT molecular complexity index is 1210. The van der Waals surface area contributed by atoms with Crippen LogP contribution in [0, 0.1) is 0 Å². The predicted molar refractivity (Wildman–Crippen MR) is 136 cm³/mol. The first kappa shape index (κ1) is 26.1. The van der Waals surface area contributed by atoms with E-state index in [2.05, 4.69) is 10.3 Å². The standard InChI is InChI=1S/C27H34N2O6/c1-17(16-27(5,31)29-25(30)35-26(2,3)4)19-10-12-21-20(15-19)28-24(34-21)13-9-18-8-11-22(32-6)23(14-18)33-7/h8-15,17,31H,16H2,1-7H3,(H,29,30). The van der Waals surface area contributed by atoms with Crippen LogP contribution in [0.2, 0.25) is 0 Å². The molecule has 1 aromatic heterocycles. The van der Waals surface area contributed by atoms with E-state index in [9.17, 15) is 9.90 Å². The van der Waals surface area contributed by atoms with Gasteiger partial charge in [0.25, 0.3) is 0 Å². The zero-order valence-corrected chi connectivity index (χ0v) is 21.3. The van der Waals surface area contributed by atoms with Gasteiger partial charge in [0.15, 0.2) is 17.1 Å². The van der Waals surface area contributed by atoms with Gasteiger partial charge in [0.05, 0.1) is 14.2 Å². The van der Waals surface area contributed by atoms with Crippen molar-refractivity contribution in [1.82, 2.24) is 10.3 Å². The Hall–Kier alpha value is -3.52. The zero-order chi connectivity index (χ0) is 25.8. The number of alkyl carbamates (subject to hydrolysis) is 1. The molecular weight excluding hydrogens is 448 g/mol. The van der Waals surface area contributed by atoms with Crippen molar-refractivity contribution in [2.45, 2.75) is 58.3 Å². The average molecular weight is 483 g/mol. The Labute approximate surface area is 205 Å². The molecule has 2 N–H and O–H groups in total. The molecule has 0 saturated heterocycles. The maximum atomic E-state index is 12.1. The topological polar surface area (TPSA) is 103 Å². The molecule has 2 aromatic carbocycles. The second kappa shape index (κ2) is 10.4. The third-order valence-corrected chi connectivity index (χ3v) is 5.30. The summed E-state index contributed by atoms with van der Waals surface area (Å²) in [5.41, 5.74) is 1.17. The van der Waals surface area contributed by atoms with Crippen LogP contribution in [0.15, 0.2) is 40.8 Å². The first-order chi connectivity index (χ1) is 16.4. The van der Waals surface area contributed by atoms with Gasteiger partial charge in [0.1, 0.15) is 16.8 Å². The van der Waals surface area contributed by atoms with E-state index in [0.29, 0.717) is 34.9 Å². The molecule has 0 spiro atoms. The second-order valence-electron chi connectivity index (χ2n) is 9.73. The third-order valence-electron chi connectivity index (χ3n) is 5.30. The number of aliphatic hydroxyl groups is 1. The molecule has 1 heterocycles. The summed E-state index contributed by atoms with van der Waals surface area (Å²) in [7, 11) is 3.19. The molecule has 1 amide bonds. The maximum Gasteiger partial charge on any atom is 0.409 e. The molecule has 0 radical (unpaired) electrons. The summed E-state index contributed by atoms with van der Waals surface area (Å²) in [4.78, 5) is 16.6. The zero-order valence-electron chi connectivity index (χ0n) is 21.3. The number of nitrogens with one attached hydrogen (secondary N) is 1. The third kappa shape index (κ3) is 7.23. The van der Waals surface area contributed by atoms with E-state index < -0.39 is 17.4 Å². The summed E-state index contributed by atoms with van der Waals surface area (Å²) in [6, 6.07) is 11.3. The highest BCUT2D eigenvalue weighted by Crippen LogP contribution is 2.30. The number of carbonyl (C=O) groups is 1. The van der Waals surface area contributed by atoms with Gasteiger partial charge in [-0.3, -0.25) is 5.32 Å². The summed E-state index contributed by atoms with van der Waals surface area (Å²) in [5, 5.41) is 13.2. The first-order valence-electron chi connectivity index (χ1n) is 11.4. The van der Waals surface area contributed by atoms with Gasteiger partial charge in [-0.05, 0) is 75.1 Å². The van der Waals surface area contributed by atoms with E-state index in [0.717, 1.165) is 11.1 Å². The van der Waals surface area contributed by atoms with Gasteiger partial charge in [-0.15, -0.1) is 0 Å². The van der Waals surface area contributed by atoms with Gasteiger partial charge >= 0.3 is 6.09 Å². The maximum absolute atomic E-state index is 12.1. The van der Waals surface area contributed by atoms with Crippen molar-refractivity contribution >= 4 is 29.3 Å². The molecule has 188 valence electrons. The Balaban J connectivity index is 1.71. The van der Waals surface area contributed by atoms with Crippen molar-refractivity contribution in [3.63, 3.8) is 0 Å². The Morgan fingerprint density at radius 2 is 1.80 bits per heavy atom. The highest BCUT2D eigenvalue weighted by atomic mass is 16.6. The van der Waals surface area contributed by atoms with Crippen LogP contribution in [0.1, 0.15) is 64.0 Å². The minimum absolute atomic E-state index is 0.0632. The Morgan fingerprint density at radius 3 is 2.46 bits per heavy atom. The number of carbonyl (C=O) groups excluding carboxylic acids is 1. The van der Waals surface area contributed by atoms with Gasteiger partial charge in [0, 0.05) is 12.5 Å². The van der Waals surface area contributed by atoms with Gasteiger partial charge in [-0.1, -0.05) is 19.1 Å². The Morgan fingerprint density at radius 1 is 1.09 bits per heavy atom. The summed E-state index contributed by atoms with van der Waals surface area (Å²) in [6.45, 7) is 8.85. The SMILES string of the molecule is COc1ccc(C=Cc2nc3cc(C(C)CC(C)(O)NC(=O)OC(C)(C)C)ccc3o2)cc1OC. The Kier molecular flexibility index (Phi) is 7.75. The molecule has 0 aliphatic rings. The molecule has 8 nitrogen and oxygen atoms in total. The highest BCUT2D eigenvalue weighted by Gasteiger charge is 2.29. The van der Waals surface area contributed by atoms with E-state index in [1.807, 2.05) is 49.4 Å². The lowest BCUT2D eigenvalue weighted by molar-refractivity contribution is -0.0103. The molecule has 2 atom stereocenters. The fraction of sp³-hybridized carbons (Fsp3) is 0.407. The molecule has 0 fully saturated rings. The predicted octanol–water partition coefficient (Wildman–Crippen LogP) is 5.74. The molecule has 3 rings (SSSR count). The average Bonchev–Trinajstić information content (AvgIpc) is 3.17. The van der Waals surface area contributed by atoms with E-state index in [1.165, 1.54) is 0 Å². The lowest BCUT2D eigenvalue weighted by Gasteiger charge is -2.29. The molecule has 0 aliphatic carbocycles. The number of oxazole rings is 1. The van der Waals surface area contributed by atoms with E-state index >= 15 is 0 Å². The number of aromatic nitrogens is 1. The number of fused-ring (bicyclic) bond motifs is 1. The van der Waals surface area contributed by atoms with Crippen LogP contribution in [0.5, 0.6) is 11.5 Å². The molecule has 35 heavy (non-hydrogen) atoms. The number of methoxy groups -OCH3 is 2. The van der Waals surface area contributed by atoms with Crippen molar-refractivity contribution < 1.29 is 28.5 Å². The lowest BCUT2D eigenvalue weighted by atomic mass is 9.92. The van der Waals surface area contributed by atoms with Crippen molar-refractivity contribution in [1.29, 1.82) is 0 Å². The van der Waals surface area contributed by atoms with Crippen LogP contribution in [-0.2, 0) is 4.74 Å². The van der Waals surface area contributed by atoms with E-state index in [-0.39, 0.29) is 5.92 Å². The van der Waals surface area contributed by atoms with Crippen LogP contribution in [0.25, 0.3) is 23.3 Å². The molecule has 3 aromatic rings. The van der Waals surface area contributed by atoms with Gasteiger partial charge in [0.2, 0.25) is 5.89 Å². The van der Waals surface area contributed by atoms with Crippen molar-refractivity contribution in [3.05, 3.63) is 53.4 Å². The quantitative estimate of drug-likeness (QED) is 0.395. The van der Waals surface area contributed by atoms with Crippen LogP contribution < -0.4 is 14.8 Å². The minimum atomic E-state index is -1.44. The molecular formula is C27H34N2O6. The first-order valence-corrected chi connectivity index (χ1v) is 11.4. The number of nitrogens with zero attached hydrogens (tertiary/aromatic N) is 1. The fourth-order valence-corrected chi connectivity index (χ4v) is 3.75. The summed E-state index contributed by atoms with van der Waals surface area (Å²) >= 11 is 0. The van der Waals surface area contributed by atoms with Crippen molar-refractivity contribution in [3.8, 4) is 11.5 Å². The number of amides is 1. The fourth-order valence-electron chi connectivity index (χ4n) is 3.75. The number of hydrogen-bond acceptors (Lipinski definition) is 7. The summed E-state index contributed by atoms with van der Waals surface area (Å²) in [5.74, 6) is 1.71. The van der Waals surface area contributed by atoms with Crippen LogP contribution in [-0.4, -0.2) is 41.7 Å². The normalized spacial score (nSPS) is 14.5. The van der Waals surface area contributed by atoms with Crippen molar-refractivity contribution in [2.75, 3.05) is 14.2 Å². The molecule has 0 aliphatic heterocycles. The van der Waals surface area contributed by atoms with Gasteiger partial charge in [-0.25, -0.2) is 9.78 Å². The van der Waals surface area contributed by atoms with Gasteiger partial charge in [-0.2, -0.15) is 0 Å².